The topological polar surface area (TPSA) is 47.3 Å². The van der Waals surface area contributed by atoms with Crippen molar-refractivity contribution in [3.8, 4) is 6.07 Å². The fraction of sp³-hybridized carbons (Fsp3) is 0.500. The molecule has 1 aliphatic heterocycles. The molecule has 1 aromatic carbocycles. The molecule has 0 bridgehead atoms. The second-order valence-corrected chi connectivity index (χ2v) is 5.64. The zero-order valence-electron chi connectivity index (χ0n) is 13.0. The zero-order valence-corrected chi connectivity index (χ0v) is 13.0. The molecule has 1 fully saturated rings. The molecule has 1 heterocycles. The van der Waals surface area contributed by atoms with Crippen LogP contribution in [0.5, 0.6) is 0 Å². The minimum absolute atomic E-state index is 0.111. The number of nitriles is 1. The highest BCUT2D eigenvalue weighted by Crippen LogP contribution is 2.28. The van der Waals surface area contributed by atoms with E-state index in [1.807, 2.05) is 4.90 Å². The summed E-state index contributed by atoms with van der Waals surface area (Å²) < 4.78 is 38.3. The lowest BCUT2D eigenvalue weighted by Gasteiger charge is -2.39. The number of carbonyl (C=O) groups is 1. The Balaban J connectivity index is 2.15. The fourth-order valence-electron chi connectivity index (χ4n) is 2.66. The van der Waals surface area contributed by atoms with Crippen LogP contribution in [0.1, 0.15) is 29.8 Å². The Hall–Kier alpha value is -2.07. The second-order valence-electron chi connectivity index (χ2n) is 5.64. The second kappa shape index (κ2) is 6.59. The number of alkyl halides is 3. The first-order valence-electron chi connectivity index (χ1n) is 7.35. The molecule has 1 aromatic rings. The Bertz CT molecular complexity index is 628. The van der Waals surface area contributed by atoms with Crippen molar-refractivity contribution in [2.24, 2.45) is 0 Å². The van der Waals surface area contributed by atoms with Crippen LogP contribution in [0.4, 0.5) is 18.9 Å². The monoisotopic (exact) mass is 325 g/mol. The Morgan fingerprint density at radius 3 is 2.35 bits per heavy atom. The molecule has 0 aromatic heterocycles. The third-order valence-electron chi connectivity index (χ3n) is 4.20. The molecule has 0 amide bonds. The predicted molar refractivity (Wildman–Crippen MR) is 80.5 cm³/mol. The van der Waals surface area contributed by atoms with Crippen LogP contribution in [0.2, 0.25) is 0 Å². The molecule has 4 nitrogen and oxygen atoms in total. The summed E-state index contributed by atoms with van der Waals surface area (Å²) in [6.07, 6.45) is -4.24. The SMILES string of the molecule is CC(=O)c1ccc(C#N)c(N2CCN(C(C)C(F)(F)F)CC2)c1. The molecule has 124 valence electrons. The van der Waals surface area contributed by atoms with E-state index in [0.717, 1.165) is 6.92 Å². The number of anilines is 1. The highest BCUT2D eigenvalue weighted by Gasteiger charge is 2.40. The highest BCUT2D eigenvalue weighted by atomic mass is 19.4. The third kappa shape index (κ3) is 3.82. The first kappa shape index (κ1) is 17.3. The molecule has 1 unspecified atom stereocenters. The summed E-state index contributed by atoms with van der Waals surface area (Å²) in [6.45, 7) is 3.89. The van der Waals surface area contributed by atoms with E-state index in [9.17, 15) is 23.2 Å². The van der Waals surface area contributed by atoms with Gasteiger partial charge in [0.25, 0.3) is 0 Å². The van der Waals surface area contributed by atoms with Gasteiger partial charge >= 0.3 is 6.18 Å². The highest BCUT2D eigenvalue weighted by molar-refractivity contribution is 5.95. The van der Waals surface area contributed by atoms with E-state index in [1.165, 1.54) is 11.8 Å². The van der Waals surface area contributed by atoms with E-state index in [2.05, 4.69) is 6.07 Å². The van der Waals surface area contributed by atoms with E-state index >= 15 is 0 Å². The average Bonchev–Trinajstić information content (AvgIpc) is 2.52. The summed E-state index contributed by atoms with van der Waals surface area (Å²) >= 11 is 0. The minimum atomic E-state index is -4.24. The van der Waals surface area contributed by atoms with Gasteiger partial charge in [-0.3, -0.25) is 9.69 Å². The minimum Gasteiger partial charge on any atom is -0.368 e. The van der Waals surface area contributed by atoms with Gasteiger partial charge in [-0.15, -0.1) is 0 Å². The number of nitrogens with zero attached hydrogens (tertiary/aromatic N) is 3. The molecule has 0 saturated carbocycles. The molecule has 0 N–H and O–H groups in total. The zero-order chi connectivity index (χ0) is 17.2. The number of halogens is 3. The van der Waals surface area contributed by atoms with Gasteiger partial charge in [0.15, 0.2) is 5.78 Å². The Morgan fingerprint density at radius 2 is 1.87 bits per heavy atom. The van der Waals surface area contributed by atoms with Crippen molar-refractivity contribution < 1.29 is 18.0 Å². The van der Waals surface area contributed by atoms with Crippen molar-refractivity contribution in [1.29, 1.82) is 5.26 Å². The molecule has 2 rings (SSSR count). The van der Waals surface area contributed by atoms with Crippen molar-refractivity contribution in [3.05, 3.63) is 29.3 Å². The first-order valence-corrected chi connectivity index (χ1v) is 7.35. The van der Waals surface area contributed by atoms with Gasteiger partial charge in [0.1, 0.15) is 12.1 Å². The average molecular weight is 325 g/mol. The molecule has 23 heavy (non-hydrogen) atoms. The molecule has 1 atom stereocenters. The number of hydrogen-bond acceptors (Lipinski definition) is 4. The molecule has 0 radical (unpaired) electrons. The number of Topliss-reactive ketones (excluding diaryl/α,β-unsaturated/α-hetero) is 1. The number of benzene rings is 1. The Labute approximate surface area is 133 Å². The lowest BCUT2D eigenvalue weighted by molar-refractivity contribution is -0.179. The van der Waals surface area contributed by atoms with Crippen LogP contribution in [0.3, 0.4) is 0 Å². The van der Waals surface area contributed by atoms with Gasteiger partial charge in [0, 0.05) is 31.7 Å². The Morgan fingerprint density at radius 1 is 1.26 bits per heavy atom. The summed E-state index contributed by atoms with van der Waals surface area (Å²) in [7, 11) is 0. The number of ketones is 1. The largest absolute Gasteiger partial charge is 0.403 e. The van der Waals surface area contributed by atoms with Gasteiger partial charge in [0.2, 0.25) is 0 Å². The van der Waals surface area contributed by atoms with Gasteiger partial charge in [-0.1, -0.05) is 0 Å². The predicted octanol–water partition coefficient (Wildman–Crippen LogP) is 2.83. The van der Waals surface area contributed by atoms with Gasteiger partial charge in [-0.05, 0) is 32.0 Å². The van der Waals surface area contributed by atoms with Crippen LogP contribution in [0.15, 0.2) is 18.2 Å². The van der Waals surface area contributed by atoms with Crippen molar-refractivity contribution in [1.82, 2.24) is 4.90 Å². The first-order chi connectivity index (χ1) is 10.7. The number of piperazine rings is 1. The summed E-state index contributed by atoms with van der Waals surface area (Å²) in [5, 5.41) is 9.20. The van der Waals surface area contributed by atoms with Crippen LogP contribution in [0, 0.1) is 11.3 Å². The van der Waals surface area contributed by atoms with E-state index in [4.69, 9.17) is 0 Å². The van der Waals surface area contributed by atoms with Crippen LogP contribution < -0.4 is 4.90 Å². The number of hydrogen-bond donors (Lipinski definition) is 0. The van der Waals surface area contributed by atoms with Crippen molar-refractivity contribution >= 4 is 11.5 Å². The van der Waals surface area contributed by atoms with Gasteiger partial charge in [-0.2, -0.15) is 18.4 Å². The Kier molecular flexibility index (Phi) is 4.95. The molecule has 7 heteroatoms. The van der Waals surface area contributed by atoms with Gasteiger partial charge in [-0.25, -0.2) is 0 Å². The van der Waals surface area contributed by atoms with E-state index in [0.29, 0.717) is 29.9 Å². The van der Waals surface area contributed by atoms with Crippen LogP contribution in [-0.2, 0) is 0 Å². The summed E-state index contributed by atoms with van der Waals surface area (Å²) in [5.41, 5.74) is 1.52. The van der Waals surface area contributed by atoms with Crippen LogP contribution >= 0.6 is 0 Å². The van der Waals surface area contributed by atoms with Crippen LogP contribution in [0.25, 0.3) is 0 Å². The van der Waals surface area contributed by atoms with E-state index < -0.39 is 12.2 Å². The normalized spacial score (nSPS) is 17.7. The maximum atomic E-state index is 12.8. The number of carbonyl (C=O) groups excluding carboxylic acids is 1. The quantitative estimate of drug-likeness (QED) is 0.802. The van der Waals surface area contributed by atoms with E-state index in [-0.39, 0.29) is 18.9 Å². The molecule has 0 aliphatic carbocycles. The van der Waals surface area contributed by atoms with Crippen LogP contribution in [-0.4, -0.2) is 49.1 Å². The summed E-state index contributed by atoms with van der Waals surface area (Å²) in [4.78, 5) is 14.7. The van der Waals surface area contributed by atoms with Crippen molar-refractivity contribution in [2.75, 3.05) is 31.1 Å². The van der Waals surface area contributed by atoms with Gasteiger partial charge < -0.3 is 4.90 Å². The van der Waals surface area contributed by atoms with Crippen molar-refractivity contribution in [3.63, 3.8) is 0 Å². The molecule has 0 spiro atoms. The van der Waals surface area contributed by atoms with Crippen molar-refractivity contribution in [2.45, 2.75) is 26.1 Å². The lowest BCUT2D eigenvalue weighted by Crippen LogP contribution is -2.53. The maximum absolute atomic E-state index is 12.8. The third-order valence-corrected chi connectivity index (χ3v) is 4.20. The smallest absolute Gasteiger partial charge is 0.368 e. The standard InChI is InChI=1S/C16H18F3N3O/c1-11(23)13-3-4-14(10-20)15(9-13)22-7-5-21(6-8-22)12(2)16(17,18)19/h3-4,9,12H,5-8H2,1-2H3. The lowest BCUT2D eigenvalue weighted by atomic mass is 10.1. The number of rotatable bonds is 3. The summed E-state index contributed by atoms with van der Waals surface area (Å²) in [6, 6.07) is 5.40. The molecule has 1 aliphatic rings. The maximum Gasteiger partial charge on any atom is 0.403 e. The molecular weight excluding hydrogens is 307 g/mol. The van der Waals surface area contributed by atoms with Gasteiger partial charge in [0.05, 0.1) is 11.3 Å². The molecular formula is C16H18F3N3O. The van der Waals surface area contributed by atoms with E-state index in [1.54, 1.807) is 18.2 Å². The fourth-order valence-corrected chi connectivity index (χ4v) is 2.66. The molecule has 1 saturated heterocycles. The summed E-state index contributed by atoms with van der Waals surface area (Å²) in [5.74, 6) is -0.111.